The standard InChI is InChI=1S/C20H20ClN3O2/c1-12-7-13(2)9-16(8-12)11-26-20(25)19-17(21)5-6-18(22-19)24-15(4)10-14(3)23-24/h5-10H,11H2,1-4H3. The van der Waals surface area contributed by atoms with Gasteiger partial charge in [0.15, 0.2) is 11.5 Å². The van der Waals surface area contributed by atoms with E-state index in [2.05, 4.69) is 16.1 Å². The largest absolute Gasteiger partial charge is 0.456 e. The van der Waals surface area contributed by atoms with Gasteiger partial charge in [0.2, 0.25) is 0 Å². The normalized spacial score (nSPS) is 10.8. The highest BCUT2D eigenvalue weighted by atomic mass is 35.5. The van der Waals surface area contributed by atoms with Gasteiger partial charge in [0.25, 0.3) is 0 Å². The molecule has 0 aliphatic carbocycles. The zero-order chi connectivity index (χ0) is 18.8. The molecule has 0 bridgehead atoms. The van der Waals surface area contributed by atoms with Gasteiger partial charge in [-0.05, 0) is 51.5 Å². The number of nitrogens with zero attached hydrogens (tertiary/aromatic N) is 3. The number of hydrogen-bond donors (Lipinski definition) is 0. The first-order valence-corrected chi connectivity index (χ1v) is 8.66. The lowest BCUT2D eigenvalue weighted by atomic mass is 10.1. The molecule has 0 saturated heterocycles. The second-order valence-electron chi connectivity index (χ2n) is 6.41. The number of hydrogen-bond acceptors (Lipinski definition) is 4. The molecule has 0 atom stereocenters. The molecule has 6 heteroatoms. The van der Waals surface area contributed by atoms with Crippen molar-refractivity contribution in [2.75, 3.05) is 0 Å². The van der Waals surface area contributed by atoms with Gasteiger partial charge in [0.1, 0.15) is 6.61 Å². The number of carbonyl (C=O) groups is 1. The van der Waals surface area contributed by atoms with Crippen molar-refractivity contribution in [1.82, 2.24) is 14.8 Å². The molecule has 1 aromatic carbocycles. The third kappa shape index (κ3) is 3.94. The Morgan fingerprint density at radius 2 is 1.77 bits per heavy atom. The number of ether oxygens (including phenoxy) is 1. The topological polar surface area (TPSA) is 57.0 Å². The summed E-state index contributed by atoms with van der Waals surface area (Å²) in [6.07, 6.45) is 0. The minimum atomic E-state index is -0.558. The fourth-order valence-corrected chi connectivity index (χ4v) is 3.11. The number of pyridine rings is 1. The van der Waals surface area contributed by atoms with Crippen LogP contribution < -0.4 is 0 Å². The number of esters is 1. The summed E-state index contributed by atoms with van der Waals surface area (Å²) in [5, 5.41) is 4.63. The first kappa shape index (κ1) is 18.1. The summed E-state index contributed by atoms with van der Waals surface area (Å²) in [5.74, 6) is -0.0316. The van der Waals surface area contributed by atoms with Crippen LogP contribution in [0.25, 0.3) is 5.82 Å². The Kier molecular flexibility index (Phi) is 5.09. The second kappa shape index (κ2) is 7.30. The lowest BCUT2D eigenvalue weighted by Gasteiger charge is -2.09. The summed E-state index contributed by atoms with van der Waals surface area (Å²) < 4.78 is 7.09. The van der Waals surface area contributed by atoms with Crippen molar-refractivity contribution in [3.05, 3.63) is 75.2 Å². The van der Waals surface area contributed by atoms with Crippen LogP contribution in [0.3, 0.4) is 0 Å². The Bertz CT molecular complexity index is 959. The number of rotatable bonds is 4. The average molecular weight is 370 g/mol. The number of benzene rings is 1. The number of aromatic nitrogens is 3. The van der Waals surface area contributed by atoms with Crippen molar-refractivity contribution in [2.45, 2.75) is 34.3 Å². The van der Waals surface area contributed by atoms with Crippen molar-refractivity contribution in [3.8, 4) is 5.82 Å². The molecular formula is C20H20ClN3O2. The molecule has 2 aromatic heterocycles. The zero-order valence-electron chi connectivity index (χ0n) is 15.2. The predicted molar refractivity (Wildman–Crippen MR) is 101 cm³/mol. The summed E-state index contributed by atoms with van der Waals surface area (Å²) >= 11 is 6.16. The van der Waals surface area contributed by atoms with Crippen LogP contribution in [0.2, 0.25) is 5.02 Å². The maximum absolute atomic E-state index is 12.5. The molecular weight excluding hydrogens is 350 g/mol. The van der Waals surface area contributed by atoms with Gasteiger partial charge in [-0.1, -0.05) is 40.9 Å². The van der Waals surface area contributed by atoms with E-state index in [9.17, 15) is 4.79 Å². The van der Waals surface area contributed by atoms with Gasteiger partial charge in [-0.2, -0.15) is 5.10 Å². The molecule has 3 aromatic rings. The van der Waals surface area contributed by atoms with E-state index in [0.29, 0.717) is 5.82 Å². The third-order valence-electron chi connectivity index (χ3n) is 3.90. The van der Waals surface area contributed by atoms with E-state index in [-0.39, 0.29) is 17.3 Å². The van der Waals surface area contributed by atoms with Crippen LogP contribution in [0.1, 0.15) is 38.6 Å². The Morgan fingerprint density at radius 3 is 2.38 bits per heavy atom. The molecule has 5 nitrogen and oxygen atoms in total. The molecule has 0 aliphatic rings. The van der Waals surface area contributed by atoms with E-state index in [1.54, 1.807) is 16.8 Å². The quantitative estimate of drug-likeness (QED) is 0.635. The third-order valence-corrected chi connectivity index (χ3v) is 4.21. The molecule has 134 valence electrons. The van der Waals surface area contributed by atoms with Crippen LogP contribution >= 0.6 is 11.6 Å². The van der Waals surface area contributed by atoms with Crippen molar-refractivity contribution in [2.24, 2.45) is 0 Å². The van der Waals surface area contributed by atoms with Crippen molar-refractivity contribution >= 4 is 17.6 Å². The van der Waals surface area contributed by atoms with Crippen molar-refractivity contribution < 1.29 is 9.53 Å². The summed E-state index contributed by atoms with van der Waals surface area (Å²) in [7, 11) is 0. The van der Waals surface area contributed by atoms with Crippen LogP contribution in [0.15, 0.2) is 36.4 Å². The van der Waals surface area contributed by atoms with Gasteiger partial charge in [-0.25, -0.2) is 14.5 Å². The zero-order valence-corrected chi connectivity index (χ0v) is 16.0. The van der Waals surface area contributed by atoms with Crippen LogP contribution in [0.5, 0.6) is 0 Å². The van der Waals surface area contributed by atoms with E-state index in [0.717, 1.165) is 28.1 Å². The highest BCUT2D eigenvalue weighted by molar-refractivity contribution is 6.33. The predicted octanol–water partition coefficient (Wildman–Crippen LogP) is 4.51. The Balaban J connectivity index is 1.82. The SMILES string of the molecule is Cc1cc(C)cc(COC(=O)c2nc(-n3nc(C)cc3C)ccc2Cl)c1. The highest BCUT2D eigenvalue weighted by Gasteiger charge is 2.17. The van der Waals surface area contributed by atoms with E-state index >= 15 is 0 Å². The molecule has 3 rings (SSSR count). The molecule has 0 N–H and O–H groups in total. The molecule has 0 unspecified atom stereocenters. The number of halogens is 1. The smallest absolute Gasteiger partial charge is 0.358 e. The monoisotopic (exact) mass is 369 g/mol. The maximum Gasteiger partial charge on any atom is 0.358 e. The fraction of sp³-hybridized carbons (Fsp3) is 0.250. The molecule has 0 spiro atoms. The Labute approximate surface area is 157 Å². The van der Waals surface area contributed by atoms with Crippen LogP contribution in [-0.2, 0) is 11.3 Å². The summed E-state index contributed by atoms with van der Waals surface area (Å²) in [4.78, 5) is 16.8. The first-order valence-electron chi connectivity index (χ1n) is 8.28. The van der Waals surface area contributed by atoms with Gasteiger partial charge in [-0.15, -0.1) is 0 Å². The van der Waals surface area contributed by atoms with Crippen LogP contribution in [-0.4, -0.2) is 20.7 Å². The van der Waals surface area contributed by atoms with Gasteiger partial charge >= 0.3 is 5.97 Å². The number of carbonyl (C=O) groups excluding carboxylic acids is 1. The van der Waals surface area contributed by atoms with Crippen LogP contribution in [0.4, 0.5) is 0 Å². The van der Waals surface area contributed by atoms with Gasteiger partial charge in [0, 0.05) is 5.69 Å². The van der Waals surface area contributed by atoms with E-state index in [1.165, 1.54) is 0 Å². The van der Waals surface area contributed by atoms with E-state index < -0.39 is 5.97 Å². The molecule has 0 radical (unpaired) electrons. The first-order chi connectivity index (χ1) is 12.3. The molecule has 2 heterocycles. The maximum atomic E-state index is 12.5. The average Bonchev–Trinajstić information content (AvgIpc) is 2.90. The molecule has 0 saturated carbocycles. The molecule has 0 amide bonds. The van der Waals surface area contributed by atoms with Crippen molar-refractivity contribution in [3.63, 3.8) is 0 Å². The van der Waals surface area contributed by atoms with Crippen molar-refractivity contribution in [1.29, 1.82) is 0 Å². The minimum absolute atomic E-state index is 0.0843. The number of aryl methyl sites for hydroxylation is 4. The minimum Gasteiger partial charge on any atom is -0.456 e. The lowest BCUT2D eigenvalue weighted by molar-refractivity contribution is 0.0465. The molecule has 26 heavy (non-hydrogen) atoms. The Hall–Kier alpha value is -2.66. The van der Waals surface area contributed by atoms with E-state index in [4.69, 9.17) is 16.3 Å². The highest BCUT2D eigenvalue weighted by Crippen LogP contribution is 2.19. The molecule has 0 fully saturated rings. The lowest BCUT2D eigenvalue weighted by Crippen LogP contribution is -2.11. The summed E-state index contributed by atoms with van der Waals surface area (Å²) in [6.45, 7) is 8.01. The Morgan fingerprint density at radius 1 is 1.08 bits per heavy atom. The summed E-state index contributed by atoms with van der Waals surface area (Å²) in [6, 6.07) is 11.3. The summed E-state index contributed by atoms with van der Waals surface area (Å²) in [5.41, 5.74) is 5.06. The van der Waals surface area contributed by atoms with Gasteiger partial charge in [0.05, 0.1) is 10.7 Å². The second-order valence-corrected chi connectivity index (χ2v) is 6.82. The van der Waals surface area contributed by atoms with E-state index in [1.807, 2.05) is 45.9 Å². The molecule has 0 aliphatic heterocycles. The fourth-order valence-electron chi connectivity index (χ4n) is 2.92. The van der Waals surface area contributed by atoms with Crippen LogP contribution in [0, 0.1) is 27.7 Å². The van der Waals surface area contributed by atoms with Gasteiger partial charge < -0.3 is 4.74 Å². The van der Waals surface area contributed by atoms with Gasteiger partial charge in [-0.3, -0.25) is 0 Å².